The van der Waals surface area contributed by atoms with Crippen LogP contribution in [0.2, 0.25) is 0 Å². The first-order valence-corrected chi connectivity index (χ1v) is 3.13. The van der Waals surface area contributed by atoms with Crippen LogP contribution < -0.4 is 0 Å². The van der Waals surface area contributed by atoms with Gasteiger partial charge in [-0.15, -0.1) is 5.10 Å². The molecule has 0 amide bonds. The zero-order valence-corrected chi connectivity index (χ0v) is 5.90. The summed E-state index contributed by atoms with van der Waals surface area (Å²) in [6, 6.07) is -0.412. The Hall–Kier alpha value is -2.05. The normalized spacial score (nSPS) is 10.0. The van der Waals surface area contributed by atoms with Crippen LogP contribution in [0.4, 0.5) is 4.79 Å². The SMILES string of the molecule is O=C(n1cncn1)n1ccnn1. The summed E-state index contributed by atoms with van der Waals surface area (Å²) >= 11 is 0. The summed E-state index contributed by atoms with van der Waals surface area (Å²) in [5.41, 5.74) is 0. The lowest BCUT2D eigenvalue weighted by molar-refractivity contribution is 0.237. The van der Waals surface area contributed by atoms with Gasteiger partial charge in [-0.05, 0) is 0 Å². The van der Waals surface area contributed by atoms with Gasteiger partial charge in [-0.2, -0.15) is 14.5 Å². The van der Waals surface area contributed by atoms with E-state index in [2.05, 4.69) is 20.4 Å². The molecule has 12 heavy (non-hydrogen) atoms. The maximum atomic E-state index is 11.3. The molecule has 0 saturated carbocycles. The number of carbonyl (C=O) groups excluding carboxylic acids is 1. The molecule has 2 rings (SSSR count). The van der Waals surface area contributed by atoms with Crippen LogP contribution in [0.3, 0.4) is 0 Å². The Morgan fingerprint density at radius 1 is 1.33 bits per heavy atom. The number of hydrogen-bond acceptors (Lipinski definition) is 5. The summed E-state index contributed by atoms with van der Waals surface area (Å²) in [5, 5.41) is 10.6. The summed E-state index contributed by atoms with van der Waals surface area (Å²) in [5.74, 6) is 0. The van der Waals surface area contributed by atoms with Crippen LogP contribution >= 0.6 is 0 Å². The van der Waals surface area contributed by atoms with Crippen LogP contribution in [0, 0.1) is 0 Å². The molecule has 0 aliphatic carbocycles. The molecule has 7 heteroatoms. The topological polar surface area (TPSA) is 78.5 Å². The zero-order chi connectivity index (χ0) is 8.39. The van der Waals surface area contributed by atoms with Gasteiger partial charge in [-0.1, -0.05) is 5.21 Å². The van der Waals surface area contributed by atoms with Gasteiger partial charge in [0.05, 0.1) is 12.4 Å². The van der Waals surface area contributed by atoms with E-state index in [1.165, 1.54) is 25.0 Å². The monoisotopic (exact) mass is 164 g/mol. The Bertz CT molecular complexity index is 326. The smallest absolute Gasteiger partial charge is 0.243 e. The molecule has 0 aromatic carbocycles. The predicted octanol–water partition coefficient (Wildman–Crippen LogP) is -0.614. The molecule has 2 aromatic rings. The summed E-state index contributed by atoms with van der Waals surface area (Å²) in [6.45, 7) is 0. The first-order chi connectivity index (χ1) is 5.88. The highest BCUT2D eigenvalue weighted by Crippen LogP contribution is 1.86. The van der Waals surface area contributed by atoms with Crippen LogP contribution in [0.15, 0.2) is 25.0 Å². The fraction of sp³-hybridized carbons (Fsp3) is 0. The van der Waals surface area contributed by atoms with E-state index < -0.39 is 6.03 Å². The Morgan fingerprint density at radius 2 is 2.25 bits per heavy atom. The minimum Gasteiger partial charge on any atom is -0.243 e. The van der Waals surface area contributed by atoms with Gasteiger partial charge < -0.3 is 0 Å². The zero-order valence-electron chi connectivity index (χ0n) is 5.90. The molecule has 0 radical (unpaired) electrons. The molecule has 0 aliphatic rings. The third kappa shape index (κ3) is 0.965. The molecule has 2 heterocycles. The Labute approximate surface area is 66.6 Å². The molecule has 0 unspecified atom stereocenters. The molecule has 2 aromatic heterocycles. The van der Waals surface area contributed by atoms with Crippen molar-refractivity contribution in [3.8, 4) is 0 Å². The van der Waals surface area contributed by atoms with Crippen LogP contribution in [-0.2, 0) is 0 Å². The second-order valence-electron chi connectivity index (χ2n) is 1.97. The number of hydrogen-bond donors (Lipinski definition) is 0. The van der Waals surface area contributed by atoms with E-state index in [1.54, 1.807) is 0 Å². The van der Waals surface area contributed by atoms with Crippen molar-refractivity contribution in [1.29, 1.82) is 0 Å². The number of aromatic nitrogens is 6. The quantitative estimate of drug-likeness (QED) is 0.518. The maximum Gasteiger partial charge on any atom is 0.372 e. The van der Waals surface area contributed by atoms with Gasteiger partial charge in [0.1, 0.15) is 12.7 Å². The molecule has 0 spiro atoms. The van der Waals surface area contributed by atoms with E-state index >= 15 is 0 Å². The Balaban J connectivity index is 2.34. The van der Waals surface area contributed by atoms with Crippen LogP contribution in [0.25, 0.3) is 0 Å². The van der Waals surface area contributed by atoms with Crippen molar-refractivity contribution in [3.63, 3.8) is 0 Å². The summed E-state index contributed by atoms with van der Waals surface area (Å²) < 4.78 is 2.13. The highest BCUT2D eigenvalue weighted by Gasteiger charge is 2.07. The van der Waals surface area contributed by atoms with E-state index in [-0.39, 0.29) is 0 Å². The van der Waals surface area contributed by atoms with E-state index in [9.17, 15) is 4.79 Å². The van der Waals surface area contributed by atoms with Crippen molar-refractivity contribution in [2.45, 2.75) is 0 Å². The molecule has 0 bridgehead atoms. The van der Waals surface area contributed by atoms with Crippen LogP contribution in [-0.4, -0.2) is 35.8 Å². The van der Waals surface area contributed by atoms with Crippen molar-refractivity contribution in [2.75, 3.05) is 0 Å². The third-order valence-corrected chi connectivity index (χ3v) is 1.23. The number of nitrogens with zero attached hydrogens (tertiary/aromatic N) is 6. The molecule has 0 N–H and O–H groups in total. The predicted molar refractivity (Wildman–Crippen MR) is 36.2 cm³/mol. The van der Waals surface area contributed by atoms with Crippen molar-refractivity contribution in [1.82, 2.24) is 29.8 Å². The van der Waals surface area contributed by atoms with Gasteiger partial charge in [0.25, 0.3) is 0 Å². The van der Waals surface area contributed by atoms with Gasteiger partial charge in [0.15, 0.2) is 0 Å². The van der Waals surface area contributed by atoms with Crippen molar-refractivity contribution < 1.29 is 4.79 Å². The fourth-order valence-electron chi connectivity index (χ4n) is 0.722. The van der Waals surface area contributed by atoms with Crippen molar-refractivity contribution in [2.24, 2.45) is 0 Å². The molecule has 0 saturated heterocycles. The number of carbonyl (C=O) groups is 1. The van der Waals surface area contributed by atoms with Gasteiger partial charge in [0, 0.05) is 0 Å². The van der Waals surface area contributed by atoms with Crippen LogP contribution in [0.1, 0.15) is 0 Å². The minimum absolute atomic E-state index is 0.412. The van der Waals surface area contributed by atoms with Gasteiger partial charge >= 0.3 is 6.03 Å². The average Bonchev–Trinajstić information content (AvgIpc) is 2.77. The van der Waals surface area contributed by atoms with E-state index in [0.29, 0.717) is 0 Å². The lowest BCUT2D eigenvalue weighted by Gasteiger charge is -1.94. The molecule has 60 valence electrons. The Morgan fingerprint density at radius 3 is 2.83 bits per heavy atom. The minimum atomic E-state index is -0.412. The highest BCUT2D eigenvalue weighted by atomic mass is 16.2. The summed E-state index contributed by atoms with van der Waals surface area (Å²) in [6.07, 6.45) is 5.41. The molecule has 0 aliphatic heterocycles. The molecular weight excluding hydrogens is 160 g/mol. The second kappa shape index (κ2) is 2.53. The lowest BCUT2D eigenvalue weighted by Crippen LogP contribution is -2.20. The number of rotatable bonds is 0. The van der Waals surface area contributed by atoms with Crippen LogP contribution in [0.5, 0.6) is 0 Å². The van der Waals surface area contributed by atoms with E-state index in [4.69, 9.17) is 0 Å². The first kappa shape index (κ1) is 6.65. The third-order valence-electron chi connectivity index (χ3n) is 1.23. The molecule has 0 atom stereocenters. The second-order valence-corrected chi connectivity index (χ2v) is 1.97. The first-order valence-electron chi connectivity index (χ1n) is 3.13. The Kier molecular flexibility index (Phi) is 1.40. The molecule has 0 fully saturated rings. The van der Waals surface area contributed by atoms with Gasteiger partial charge in [-0.3, -0.25) is 0 Å². The van der Waals surface area contributed by atoms with Crippen molar-refractivity contribution in [3.05, 3.63) is 25.0 Å². The fourth-order valence-corrected chi connectivity index (χ4v) is 0.722. The summed E-state index contributed by atoms with van der Waals surface area (Å²) in [7, 11) is 0. The highest BCUT2D eigenvalue weighted by molar-refractivity contribution is 5.76. The lowest BCUT2D eigenvalue weighted by atomic mass is 10.9. The standard InChI is InChI=1S/C5H4N6O/c12-5(10-2-1-7-9-10)11-4-6-3-8-11/h1-4H. The van der Waals surface area contributed by atoms with E-state index in [1.807, 2.05) is 0 Å². The maximum absolute atomic E-state index is 11.3. The molecular formula is C5H4N6O. The van der Waals surface area contributed by atoms with Gasteiger partial charge in [-0.25, -0.2) is 9.78 Å². The van der Waals surface area contributed by atoms with E-state index in [0.717, 1.165) is 9.36 Å². The van der Waals surface area contributed by atoms with Crippen molar-refractivity contribution >= 4 is 6.03 Å². The average molecular weight is 164 g/mol. The summed E-state index contributed by atoms with van der Waals surface area (Å²) in [4.78, 5) is 14.9. The van der Waals surface area contributed by atoms with Gasteiger partial charge in [0.2, 0.25) is 0 Å². The largest absolute Gasteiger partial charge is 0.372 e. The molecule has 7 nitrogen and oxygen atoms in total.